The number of carbonyl (C=O) groups is 1. The van der Waals surface area contributed by atoms with Crippen LogP contribution in [0.5, 0.6) is 0 Å². The molecule has 0 aliphatic heterocycles. The van der Waals surface area contributed by atoms with E-state index >= 15 is 0 Å². The Morgan fingerprint density at radius 3 is 2.80 bits per heavy atom. The van der Waals surface area contributed by atoms with Crippen LogP contribution in [0.3, 0.4) is 0 Å². The van der Waals surface area contributed by atoms with Crippen molar-refractivity contribution in [3.8, 4) is 0 Å². The monoisotopic (exact) mass is 297 g/mol. The van der Waals surface area contributed by atoms with Gasteiger partial charge < -0.3 is 9.67 Å². The number of rotatable bonds is 6. The Hall–Kier alpha value is -1.04. The Balaban J connectivity index is 2.26. The smallest absolute Gasteiger partial charge is 0.313 e. The molecule has 0 radical (unpaired) electrons. The van der Waals surface area contributed by atoms with Crippen molar-refractivity contribution >= 4 is 17.7 Å². The van der Waals surface area contributed by atoms with E-state index in [0.29, 0.717) is 5.92 Å². The van der Waals surface area contributed by atoms with Gasteiger partial charge in [0.05, 0.1) is 5.75 Å². The van der Waals surface area contributed by atoms with Gasteiger partial charge in [0.25, 0.3) is 0 Å². The zero-order valence-corrected chi connectivity index (χ0v) is 13.2. The standard InChI is InChI=1S/C14H23N3O2S/c1-4-8-17-12(10-6-5-7-14(10,2)3)15-16-13(17)20-9-11(18)19/h10H,4-9H2,1-3H3,(H,18,19). The molecule has 1 N–H and O–H groups in total. The van der Waals surface area contributed by atoms with Crippen molar-refractivity contribution in [3.63, 3.8) is 0 Å². The lowest BCUT2D eigenvalue weighted by atomic mass is 9.81. The number of aromatic nitrogens is 3. The topological polar surface area (TPSA) is 68.0 Å². The Bertz CT molecular complexity index is 485. The van der Waals surface area contributed by atoms with Crippen LogP contribution in [0.1, 0.15) is 58.2 Å². The van der Waals surface area contributed by atoms with Gasteiger partial charge in [0, 0.05) is 12.5 Å². The summed E-state index contributed by atoms with van der Waals surface area (Å²) >= 11 is 1.26. The highest BCUT2D eigenvalue weighted by Gasteiger charge is 2.39. The van der Waals surface area contributed by atoms with E-state index in [1.807, 2.05) is 0 Å². The molecule has 0 spiro atoms. The molecule has 1 fully saturated rings. The summed E-state index contributed by atoms with van der Waals surface area (Å²) in [5, 5.41) is 18.2. The molecule has 0 amide bonds. The van der Waals surface area contributed by atoms with Gasteiger partial charge in [-0.15, -0.1) is 10.2 Å². The summed E-state index contributed by atoms with van der Waals surface area (Å²) in [6.45, 7) is 7.56. The maximum absolute atomic E-state index is 10.7. The number of carboxylic acid groups (broad SMARTS) is 1. The quantitative estimate of drug-likeness (QED) is 0.817. The lowest BCUT2D eigenvalue weighted by molar-refractivity contribution is -0.133. The predicted molar refractivity (Wildman–Crippen MR) is 79.0 cm³/mol. The molecule has 0 aromatic carbocycles. The normalized spacial score (nSPS) is 21.2. The average Bonchev–Trinajstić information content (AvgIpc) is 2.90. The van der Waals surface area contributed by atoms with Crippen LogP contribution in [-0.4, -0.2) is 31.6 Å². The van der Waals surface area contributed by atoms with Gasteiger partial charge in [0.2, 0.25) is 0 Å². The first-order valence-corrected chi connectivity index (χ1v) is 8.22. The SMILES string of the molecule is CCCn1c(SCC(=O)O)nnc1C1CCCC1(C)C. The molecule has 1 atom stereocenters. The molecule has 1 aliphatic carbocycles. The van der Waals surface area contributed by atoms with Crippen LogP contribution in [0.25, 0.3) is 0 Å². The summed E-state index contributed by atoms with van der Waals surface area (Å²) in [5.41, 5.74) is 0.257. The molecular weight excluding hydrogens is 274 g/mol. The molecule has 1 heterocycles. The van der Waals surface area contributed by atoms with Gasteiger partial charge in [-0.25, -0.2) is 0 Å². The third-order valence-electron chi connectivity index (χ3n) is 4.09. The number of thioether (sulfide) groups is 1. The van der Waals surface area contributed by atoms with E-state index in [1.165, 1.54) is 24.6 Å². The third kappa shape index (κ3) is 3.16. The van der Waals surface area contributed by atoms with E-state index in [1.54, 1.807) is 0 Å². The molecule has 0 saturated heterocycles. The van der Waals surface area contributed by atoms with Crippen molar-refractivity contribution in [1.82, 2.24) is 14.8 Å². The Morgan fingerprint density at radius 2 is 2.25 bits per heavy atom. The molecule has 5 nitrogen and oxygen atoms in total. The van der Waals surface area contributed by atoms with Gasteiger partial charge in [-0.3, -0.25) is 4.79 Å². The highest BCUT2D eigenvalue weighted by Crippen LogP contribution is 2.48. The summed E-state index contributed by atoms with van der Waals surface area (Å²) in [5.74, 6) is 0.697. The van der Waals surface area contributed by atoms with E-state index in [2.05, 4.69) is 35.5 Å². The first-order valence-electron chi connectivity index (χ1n) is 7.23. The van der Waals surface area contributed by atoms with Crippen molar-refractivity contribution in [2.24, 2.45) is 5.41 Å². The van der Waals surface area contributed by atoms with Crippen molar-refractivity contribution in [2.75, 3.05) is 5.75 Å². The molecule has 112 valence electrons. The van der Waals surface area contributed by atoms with Gasteiger partial charge in [0.1, 0.15) is 5.82 Å². The fourth-order valence-electron chi connectivity index (χ4n) is 3.03. The lowest BCUT2D eigenvalue weighted by Crippen LogP contribution is -2.20. The number of hydrogen-bond acceptors (Lipinski definition) is 4. The molecule has 1 unspecified atom stereocenters. The minimum absolute atomic E-state index is 0.0376. The van der Waals surface area contributed by atoms with E-state index in [0.717, 1.165) is 30.4 Å². The van der Waals surface area contributed by atoms with Gasteiger partial charge in [-0.1, -0.05) is 39.0 Å². The van der Waals surface area contributed by atoms with Crippen molar-refractivity contribution in [2.45, 2.75) is 64.1 Å². The summed E-state index contributed by atoms with van der Waals surface area (Å²) in [7, 11) is 0. The largest absolute Gasteiger partial charge is 0.481 e. The second kappa shape index (κ2) is 6.16. The number of aliphatic carboxylic acids is 1. The second-order valence-electron chi connectivity index (χ2n) is 6.11. The van der Waals surface area contributed by atoms with Gasteiger partial charge in [0.15, 0.2) is 5.16 Å². The lowest BCUT2D eigenvalue weighted by Gasteiger charge is -2.26. The average molecular weight is 297 g/mol. The third-order valence-corrected chi connectivity index (χ3v) is 5.04. The molecule has 1 aromatic heterocycles. The number of nitrogens with zero attached hydrogens (tertiary/aromatic N) is 3. The van der Waals surface area contributed by atoms with E-state index in [-0.39, 0.29) is 11.2 Å². The van der Waals surface area contributed by atoms with Crippen LogP contribution < -0.4 is 0 Å². The first kappa shape index (κ1) is 15.4. The Labute approximate surface area is 124 Å². The van der Waals surface area contributed by atoms with Crippen LogP contribution in [0.15, 0.2) is 5.16 Å². The predicted octanol–water partition coefficient (Wildman–Crippen LogP) is 3.16. The van der Waals surface area contributed by atoms with Crippen LogP contribution in [0, 0.1) is 5.41 Å². The highest BCUT2D eigenvalue weighted by molar-refractivity contribution is 7.99. The first-order chi connectivity index (χ1) is 9.45. The minimum Gasteiger partial charge on any atom is -0.481 e. The molecule has 1 aliphatic rings. The molecular formula is C14H23N3O2S. The Morgan fingerprint density at radius 1 is 1.50 bits per heavy atom. The molecule has 2 rings (SSSR count). The van der Waals surface area contributed by atoms with E-state index in [9.17, 15) is 4.79 Å². The van der Waals surface area contributed by atoms with Crippen LogP contribution in [0.2, 0.25) is 0 Å². The van der Waals surface area contributed by atoms with Crippen LogP contribution in [-0.2, 0) is 11.3 Å². The molecule has 1 saturated carbocycles. The maximum atomic E-state index is 10.7. The minimum atomic E-state index is -0.816. The zero-order chi connectivity index (χ0) is 14.8. The van der Waals surface area contributed by atoms with Crippen molar-refractivity contribution in [3.05, 3.63) is 5.82 Å². The fourth-order valence-corrected chi connectivity index (χ4v) is 3.72. The van der Waals surface area contributed by atoms with Gasteiger partial charge >= 0.3 is 5.97 Å². The molecule has 0 bridgehead atoms. The zero-order valence-electron chi connectivity index (χ0n) is 12.4. The highest BCUT2D eigenvalue weighted by atomic mass is 32.2. The van der Waals surface area contributed by atoms with Crippen LogP contribution in [0.4, 0.5) is 0 Å². The number of hydrogen-bond donors (Lipinski definition) is 1. The second-order valence-corrected chi connectivity index (χ2v) is 7.05. The van der Waals surface area contributed by atoms with Crippen molar-refractivity contribution < 1.29 is 9.90 Å². The number of carboxylic acids is 1. The molecule has 6 heteroatoms. The van der Waals surface area contributed by atoms with E-state index in [4.69, 9.17) is 5.11 Å². The summed E-state index contributed by atoms with van der Waals surface area (Å²) in [4.78, 5) is 10.7. The van der Waals surface area contributed by atoms with Gasteiger partial charge in [-0.2, -0.15) is 0 Å². The fraction of sp³-hybridized carbons (Fsp3) is 0.786. The Kier molecular flexibility index (Phi) is 4.73. The van der Waals surface area contributed by atoms with Crippen LogP contribution >= 0.6 is 11.8 Å². The summed E-state index contributed by atoms with van der Waals surface area (Å²) in [6, 6.07) is 0. The van der Waals surface area contributed by atoms with E-state index < -0.39 is 5.97 Å². The van der Waals surface area contributed by atoms with Crippen molar-refractivity contribution in [1.29, 1.82) is 0 Å². The molecule has 1 aromatic rings. The maximum Gasteiger partial charge on any atom is 0.313 e. The molecule has 20 heavy (non-hydrogen) atoms. The summed E-state index contributed by atoms with van der Waals surface area (Å²) in [6.07, 6.45) is 4.60. The van der Waals surface area contributed by atoms with Gasteiger partial charge in [-0.05, 0) is 24.7 Å². The summed E-state index contributed by atoms with van der Waals surface area (Å²) < 4.78 is 2.13.